The van der Waals surface area contributed by atoms with E-state index in [-0.39, 0.29) is 37.2 Å². The van der Waals surface area contributed by atoms with Gasteiger partial charge in [0.25, 0.3) is 0 Å². The van der Waals surface area contributed by atoms with Crippen LogP contribution in [0.5, 0.6) is 0 Å². The molecule has 2 rings (SSSR count). The van der Waals surface area contributed by atoms with Gasteiger partial charge in [-0.2, -0.15) is 0 Å². The van der Waals surface area contributed by atoms with Gasteiger partial charge >= 0.3 is 5.97 Å². The molecule has 0 N–H and O–H groups in total. The number of halogens is 1. The van der Waals surface area contributed by atoms with Crippen molar-refractivity contribution in [2.75, 3.05) is 27.4 Å². The molecule has 0 radical (unpaired) electrons. The molecule has 0 bridgehead atoms. The van der Waals surface area contributed by atoms with Crippen LogP contribution in [0.3, 0.4) is 0 Å². The van der Waals surface area contributed by atoms with Crippen molar-refractivity contribution in [1.82, 2.24) is 9.47 Å². The van der Waals surface area contributed by atoms with Gasteiger partial charge in [0.05, 0.1) is 13.7 Å². The molecule has 8 heteroatoms. The summed E-state index contributed by atoms with van der Waals surface area (Å²) in [6, 6.07) is 5.72. The summed E-state index contributed by atoms with van der Waals surface area (Å²) >= 11 is 0. The number of amides is 1. The van der Waals surface area contributed by atoms with Gasteiger partial charge in [0, 0.05) is 31.5 Å². The van der Waals surface area contributed by atoms with Crippen LogP contribution in [-0.4, -0.2) is 54.5 Å². The summed E-state index contributed by atoms with van der Waals surface area (Å²) in [4.78, 5) is 39.3. The first-order valence-corrected chi connectivity index (χ1v) is 9.57. The third-order valence-electron chi connectivity index (χ3n) is 4.98. The Morgan fingerprint density at radius 2 is 1.73 bits per heavy atom. The Kier molecular flexibility index (Phi) is 7.88. The highest BCUT2D eigenvalue weighted by Gasteiger charge is 2.28. The van der Waals surface area contributed by atoms with Gasteiger partial charge in [-0.1, -0.05) is 12.1 Å². The molecule has 1 amide bonds. The van der Waals surface area contributed by atoms with Crippen molar-refractivity contribution in [1.29, 1.82) is 0 Å². The lowest BCUT2D eigenvalue weighted by atomic mass is 10.0. The van der Waals surface area contributed by atoms with Crippen molar-refractivity contribution in [2.24, 2.45) is 0 Å². The minimum Gasteiger partial charge on any atom is -0.464 e. The second-order valence-corrected chi connectivity index (χ2v) is 6.90. The van der Waals surface area contributed by atoms with Crippen molar-refractivity contribution < 1.29 is 28.2 Å². The third kappa shape index (κ3) is 4.94. The van der Waals surface area contributed by atoms with Gasteiger partial charge in [-0.15, -0.1) is 0 Å². The number of methoxy groups -OCH3 is 2. The van der Waals surface area contributed by atoms with Crippen molar-refractivity contribution in [3.05, 3.63) is 58.2 Å². The second-order valence-electron chi connectivity index (χ2n) is 6.90. The molecule has 1 aromatic carbocycles. The second kappa shape index (κ2) is 10.2. The Balaban J connectivity index is 2.37. The van der Waals surface area contributed by atoms with Gasteiger partial charge < -0.3 is 18.9 Å². The summed E-state index contributed by atoms with van der Waals surface area (Å²) in [7, 11) is 2.69. The number of carbonyl (C=O) groups excluding carboxylic acids is 3. The minimum atomic E-state index is -0.518. The van der Waals surface area contributed by atoms with Crippen molar-refractivity contribution in [3.8, 4) is 0 Å². The van der Waals surface area contributed by atoms with E-state index in [1.54, 1.807) is 30.5 Å². The van der Waals surface area contributed by atoms with Crippen molar-refractivity contribution in [2.45, 2.75) is 33.9 Å². The van der Waals surface area contributed by atoms with Crippen LogP contribution in [0.4, 0.5) is 4.39 Å². The number of benzene rings is 1. The molecule has 0 fully saturated rings. The van der Waals surface area contributed by atoms with Gasteiger partial charge in [0.2, 0.25) is 5.91 Å². The largest absolute Gasteiger partial charge is 0.464 e. The predicted octanol–water partition coefficient (Wildman–Crippen LogP) is 2.91. The number of ether oxygens (including phenoxy) is 2. The Labute approximate surface area is 175 Å². The van der Waals surface area contributed by atoms with E-state index in [0.717, 1.165) is 0 Å². The molecule has 0 atom stereocenters. The number of Topliss-reactive ketones (excluding diaryl/α,β-unsaturated/α-hetero) is 1. The SMILES string of the molecule is CCn1c(C)c(C(=O)CN(Cc2ccc(F)cc2)C(=O)COC)c(C)c1C(=O)OC. The van der Waals surface area contributed by atoms with Gasteiger partial charge in [0.1, 0.15) is 18.1 Å². The number of nitrogens with zero attached hydrogens (tertiary/aromatic N) is 2. The number of carbonyl (C=O) groups is 3. The highest BCUT2D eigenvalue weighted by Crippen LogP contribution is 2.24. The molecule has 0 aliphatic carbocycles. The first-order chi connectivity index (χ1) is 14.2. The van der Waals surface area contributed by atoms with Crippen LogP contribution in [0, 0.1) is 19.7 Å². The maximum absolute atomic E-state index is 13.2. The molecule has 0 aliphatic rings. The normalized spacial score (nSPS) is 10.7. The zero-order valence-corrected chi connectivity index (χ0v) is 18.0. The molecule has 7 nitrogen and oxygen atoms in total. The smallest absolute Gasteiger partial charge is 0.354 e. The highest BCUT2D eigenvalue weighted by molar-refractivity contribution is 6.04. The lowest BCUT2D eigenvalue weighted by molar-refractivity contribution is -0.135. The van der Waals surface area contributed by atoms with E-state index in [1.165, 1.54) is 31.3 Å². The molecule has 1 heterocycles. The summed E-state index contributed by atoms with van der Waals surface area (Å²) in [6.45, 7) is 5.57. The van der Waals surface area contributed by atoms with E-state index in [9.17, 15) is 18.8 Å². The molecular formula is C22H27FN2O5. The van der Waals surface area contributed by atoms with Crippen molar-refractivity contribution in [3.63, 3.8) is 0 Å². The highest BCUT2D eigenvalue weighted by atomic mass is 19.1. The standard InChI is InChI=1S/C22H27FN2O5/c1-6-25-15(3)20(14(2)21(25)22(28)30-5)18(26)12-24(19(27)13-29-4)11-16-7-9-17(23)10-8-16/h7-10H,6,11-13H2,1-5H3. The Morgan fingerprint density at radius 3 is 2.27 bits per heavy atom. The van der Waals surface area contributed by atoms with Crippen LogP contribution in [0.25, 0.3) is 0 Å². The fourth-order valence-electron chi connectivity index (χ4n) is 3.57. The number of hydrogen-bond acceptors (Lipinski definition) is 5. The molecule has 0 saturated heterocycles. The molecule has 162 valence electrons. The number of ketones is 1. The maximum Gasteiger partial charge on any atom is 0.354 e. The minimum absolute atomic E-state index is 0.130. The molecule has 0 spiro atoms. The fourth-order valence-corrected chi connectivity index (χ4v) is 3.57. The summed E-state index contributed by atoms with van der Waals surface area (Å²) in [5.74, 6) is -1.57. The molecular weight excluding hydrogens is 391 g/mol. The van der Waals surface area contributed by atoms with Gasteiger partial charge in [-0.3, -0.25) is 9.59 Å². The van der Waals surface area contributed by atoms with E-state index in [1.807, 2.05) is 6.92 Å². The summed E-state index contributed by atoms with van der Waals surface area (Å²) in [5.41, 5.74) is 2.57. The van der Waals surface area contributed by atoms with Crippen LogP contribution in [0.1, 0.15) is 44.6 Å². The third-order valence-corrected chi connectivity index (χ3v) is 4.98. The van der Waals surface area contributed by atoms with E-state index in [0.29, 0.717) is 34.6 Å². The lowest BCUT2D eigenvalue weighted by Crippen LogP contribution is -2.37. The molecule has 0 saturated carbocycles. The average Bonchev–Trinajstić information content (AvgIpc) is 2.98. The number of esters is 1. The number of hydrogen-bond donors (Lipinski definition) is 0. The fraction of sp³-hybridized carbons (Fsp3) is 0.409. The predicted molar refractivity (Wildman–Crippen MR) is 109 cm³/mol. The Hall–Kier alpha value is -3.00. The van der Waals surface area contributed by atoms with Crippen LogP contribution < -0.4 is 0 Å². The van der Waals surface area contributed by atoms with Gasteiger partial charge in [-0.05, 0) is 44.0 Å². The number of rotatable bonds is 9. The van der Waals surface area contributed by atoms with E-state index in [2.05, 4.69) is 0 Å². The van der Waals surface area contributed by atoms with E-state index in [4.69, 9.17) is 9.47 Å². The first kappa shape index (κ1) is 23.3. The monoisotopic (exact) mass is 418 g/mol. The molecule has 1 aromatic heterocycles. The van der Waals surface area contributed by atoms with E-state index < -0.39 is 5.97 Å². The quantitative estimate of drug-likeness (QED) is 0.462. The van der Waals surface area contributed by atoms with Crippen LogP contribution in [0.15, 0.2) is 24.3 Å². The van der Waals surface area contributed by atoms with Crippen LogP contribution in [0.2, 0.25) is 0 Å². The van der Waals surface area contributed by atoms with E-state index >= 15 is 0 Å². The lowest BCUT2D eigenvalue weighted by Gasteiger charge is -2.22. The molecule has 0 unspecified atom stereocenters. The van der Waals surface area contributed by atoms with Gasteiger partial charge in [-0.25, -0.2) is 9.18 Å². The van der Waals surface area contributed by atoms with Crippen LogP contribution in [-0.2, 0) is 27.4 Å². The summed E-state index contributed by atoms with van der Waals surface area (Å²) in [6.07, 6.45) is 0. The van der Waals surface area contributed by atoms with Gasteiger partial charge in [0.15, 0.2) is 5.78 Å². The molecule has 0 aliphatic heterocycles. The molecule has 30 heavy (non-hydrogen) atoms. The zero-order chi connectivity index (χ0) is 22.4. The molecule has 2 aromatic rings. The average molecular weight is 418 g/mol. The zero-order valence-electron chi connectivity index (χ0n) is 18.0. The summed E-state index contributed by atoms with van der Waals surface area (Å²) in [5, 5.41) is 0. The first-order valence-electron chi connectivity index (χ1n) is 9.57. The Bertz CT molecular complexity index is 934. The van der Waals surface area contributed by atoms with Crippen molar-refractivity contribution >= 4 is 17.7 Å². The summed E-state index contributed by atoms with van der Waals surface area (Å²) < 4.78 is 24.7. The maximum atomic E-state index is 13.2. The number of aromatic nitrogens is 1. The Morgan fingerprint density at radius 1 is 1.10 bits per heavy atom. The van der Waals surface area contributed by atoms with Crippen LogP contribution >= 0.6 is 0 Å². The topological polar surface area (TPSA) is 77.8 Å².